The Morgan fingerprint density at radius 2 is 1.71 bits per heavy atom. The van der Waals surface area contributed by atoms with Crippen molar-refractivity contribution in [2.75, 3.05) is 23.3 Å². The van der Waals surface area contributed by atoms with Crippen LogP contribution in [0.1, 0.15) is 26.3 Å². The molecule has 1 N–H and O–H groups in total. The van der Waals surface area contributed by atoms with Crippen molar-refractivity contribution >= 4 is 27.3 Å². The van der Waals surface area contributed by atoms with Crippen LogP contribution in [0.5, 0.6) is 11.5 Å². The van der Waals surface area contributed by atoms with Gasteiger partial charge >= 0.3 is 0 Å². The molecule has 3 aromatic carbocycles. The minimum absolute atomic E-state index is 0.151. The number of sulfonamides is 1. The maximum Gasteiger partial charge on any atom is 0.267 e. The molecular weight excluding hydrogens is 452 g/mol. The Labute approximate surface area is 200 Å². The second kappa shape index (κ2) is 9.02. The summed E-state index contributed by atoms with van der Waals surface area (Å²) < 4.78 is 39.7. The van der Waals surface area contributed by atoms with Gasteiger partial charge in [-0.05, 0) is 59.5 Å². The highest BCUT2D eigenvalue weighted by molar-refractivity contribution is 7.92. The summed E-state index contributed by atoms with van der Waals surface area (Å²) >= 11 is 0. The van der Waals surface area contributed by atoms with Crippen molar-refractivity contribution in [2.45, 2.75) is 37.2 Å². The molecule has 178 valence electrons. The van der Waals surface area contributed by atoms with Crippen molar-refractivity contribution in [1.82, 2.24) is 0 Å². The van der Waals surface area contributed by atoms with Crippen LogP contribution in [0.3, 0.4) is 0 Å². The largest absolute Gasteiger partial charge is 0.497 e. The van der Waals surface area contributed by atoms with Gasteiger partial charge in [-0.2, -0.15) is 0 Å². The summed E-state index contributed by atoms with van der Waals surface area (Å²) in [5, 5.41) is 2.80. The van der Waals surface area contributed by atoms with Crippen molar-refractivity contribution in [3.63, 3.8) is 0 Å². The zero-order valence-corrected chi connectivity index (χ0v) is 20.4. The molecule has 34 heavy (non-hydrogen) atoms. The van der Waals surface area contributed by atoms with Gasteiger partial charge in [0.25, 0.3) is 15.9 Å². The maximum absolute atomic E-state index is 13.6. The predicted octanol–water partition coefficient (Wildman–Crippen LogP) is 4.59. The molecule has 7 nitrogen and oxygen atoms in total. The van der Waals surface area contributed by atoms with E-state index in [4.69, 9.17) is 9.47 Å². The zero-order chi connectivity index (χ0) is 24.5. The lowest BCUT2D eigenvalue weighted by atomic mass is 9.86. The predicted molar refractivity (Wildman–Crippen MR) is 132 cm³/mol. The number of anilines is 2. The number of carbonyl (C=O) groups excluding carboxylic acids is 1. The quantitative estimate of drug-likeness (QED) is 0.578. The molecule has 0 saturated heterocycles. The van der Waals surface area contributed by atoms with Gasteiger partial charge in [0.2, 0.25) is 0 Å². The van der Waals surface area contributed by atoms with E-state index in [-0.39, 0.29) is 16.9 Å². The third-order valence-electron chi connectivity index (χ3n) is 5.68. The Bertz CT molecular complexity index is 1280. The number of rotatable bonds is 5. The number of ether oxygens (including phenoxy) is 2. The third kappa shape index (κ3) is 4.72. The van der Waals surface area contributed by atoms with Gasteiger partial charge in [0.05, 0.1) is 24.2 Å². The van der Waals surface area contributed by atoms with Crippen LogP contribution in [-0.4, -0.2) is 34.1 Å². The minimum Gasteiger partial charge on any atom is -0.497 e. The van der Waals surface area contributed by atoms with Gasteiger partial charge in [-0.1, -0.05) is 45.0 Å². The van der Waals surface area contributed by atoms with Gasteiger partial charge in [0.1, 0.15) is 11.5 Å². The number of benzene rings is 3. The van der Waals surface area contributed by atoms with Crippen LogP contribution in [0.15, 0.2) is 77.7 Å². The Balaban J connectivity index is 1.71. The standard InChI is InChI=1S/C26H28N2O5S/c1-26(2,3)18-10-15-23-22(16-18)28(34(30,31)21-8-6-5-7-9-21)17-24(33-23)25(29)27-19-11-13-20(32-4)14-12-19/h5-16,24H,17H2,1-4H3,(H,27,29)/t24-/m0/s1. The van der Waals surface area contributed by atoms with Crippen molar-refractivity contribution in [3.05, 3.63) is 78.4 Å². The fourth-order valence-corrected chi connectivity index (χ4v) is 5.19. The van der Waals surface area contributed by atoms with E-state index in [9.17, 15) is 13.2 Å². The van der Waals surface area contributed by atoms with Gasteiger partial charge < -0.3 is 14.8 Å². The number of hydrogen-bond acceptors (Lipinski definition) is 5. The summed E-state index contributed by atoms with van der Waals surface area (Å²) in [4.78, 5) is 13.2. The topological polar surface area (TPSA) is 84.9 Å². The van der Waals surface area contributed by atoms with Crippen molar-refractivity contribution < 1.29 is 22.7 Å². The highest BCUT2D eigenvalue weighted by Gasteiger charge is 2.38. The molecule has 3 aromatic rings. The first-order valence-electron chi connectivity index (χ1n) is 10.9. The van der Waals surface area contributed by atoms with Crippen molar-refractivity contribution in [1.29, 1.82) is 0 Å². The Morgan fingerprint density at radius 1 is 1.03 bits per heavy atom. The van der Waals surface area contributed by atoms with Crippen LogP contribution < -0.4 is 19.1 Å². The highest BCUT2D eigenvalue weighted by atomic mass is 32.2. The van der Waals surface area contributed by atoms with Crippen LogP contribution in [0, 0.1) is 0 Å². The van der Waals surface area contributed by atoms with E-state index >= 15 is 0 Å². The lowest BCUT2D eigenvalue weighted by Gasteiger charge is -2.36. The molecule has 1 aliphatic rings. The molecule has 1 heterocycles. The summed E-state index contributed by atoms with van der Waals surface area (Å²) in [6.45, 7) is 6.01. The normalized spacial score (nSPS) is 15.8. The van der Waals surface area contributed by atoms with Gasteiger partial charge in [-0.3, -0.25) is 9.10 Å². The summed E-state index contributed by atoms with van der Waals surface area (Å²) in [6, 6.07) is 20.5. The Kier molecular flexibility index (Phi) is 6.27. The van der Waals surface area contributed by atoms with Crippen molar-refractivity contribution in [3.8, 4) is 11.5 Å². The molecule has 4 rings (SSSR count). The molecule has 0 fully saturated rings. The minimum atomic E-state index is -3.93. The van der Waals surface area contributed by atoms with E-state index in [1.165, 1.54) is 4.31 Å². The van der Waals surface area contributed by atoms with Gasteiger partial charge in [0, 0.05) is 5.69 Å². The van der Waals surface area contributed by atoms with Crippen LogP contribution in [0.4, 0.5) is 11.4 Å². The monoisotopic (exact) mass is 480 g/mol. The number of hydrogen-bond donors (Lipinski definition) is 1. The number of methoxy groups -OCH3 is 1. The number of nitrogens with one attached hydrogen (secondary N) is 1. The van der Waals surface area contributed by atoms with Crippen LogP contribution in [-0.2, 0) is 20.2 Å². The summed E-state index contributed by atoms with van der Waals surface area (Å²) in [7, 11) is -2.37. The smallest absolute Gasteiger partial charge is 0.267 e. The van der Waals surface area contributed by atoms with E-state index in [2.05, 4.69) is 26.1 Å². The van der Waals surface area contributed by atoms with E-state index in [1.807, 2.05) is 12.1 Å². The first-order valence-corrected chi connectivity index (χ1v) is 12.4. The fraction of sp³-hybridized carbons (Fsp3) is 0.269. The number of carbonyl (C=O) groups is 1. The average Bonchev–Trinajstić information content (AvgIpc) is 2.83. The average molecular weight is 481 g/mol. The Hall–Kier alpha value is -3.52. The molecule has 0 spiro atoms. The summed E-state index contributed by atoms with van der Waals surface area (Å²) in [5.74, 6) is 0.563. The molecule has 1 atom stereocenters. The maximum atomic E-state index is 13.6. The molecule has 0 unspecified atom stereocenters. The molecule has 0 aliphatic carbocycles. The second-order valence-corrected chi connectivity index (χ2v) is 11.0. The SMILES string of the molecule is COc1ccc(NC(=O)[C@@H]2CN(S(=O)(=O)c3ccccc3)c3cc(C(C)(C)C)ccc3O2)cc1. The molecule has 0 saturated carbocycles. The van der Waals surface area contributed by atoms with E-state index in [1.54, 1.807) is 67.8 Å². The molecule has 8 heteroatoms. The molecule has 1 aliphatic heterocycles. The highest BCUT2D eigenvalue weighted by Crippen LogP contribution is 2.40. The lowest BCUT2D eigenvalue weighted by Crippen LogP contribution is -2.49. The third-order valence-corrected chi connectivity index (χ3v) is 7.47. The van der Waals surface area contributed by atoms with E-state index in [0.29, 0.717) is 22.9 Å². The zero-order valence-electron chi connectivity index (χ0n) is 19.6. The van der Waals surface area contributed by atoms with Crippen LogP contribution in [0.2, 0.25) is 0 Å². The molecule has 1 amide bonds. The Morgan fingerprint density at radius 3 is 2.32 bits per heavy atom. The first kappa shape index (κ1) is 23.6. The number of amides is 1. The number of nitrogens with zero attached hydrogens (tertiary/aromatic N) is 1. The molecule has 0 radical (unpaired) electrons. The first-order chi connectivity index (χ1) is 16.1. The molecule has 0 bridgehead atoms. The van der Waals surface area contributed by atoms with Gasteiger partial charge in [-0.25, -0.2) is 8.42 Å². The number of fused-ring (bicyclic) bond motifs is 1. The van der Waals surface area contributed by atoms with Crippen molar-refractivity contribution in [2.24, 2.45) is 0 Å². The molecular formula is C26H28N2O5S. The van der Waals surface area contributed by atoms with E-state index in [0.717, 1.165) is 5.56 Å². The van der Waals surface area contributed by atoms with Crippen LogP contribution in [0.25, 0.3) is 0 Å². The lowest BCUT2D eigenvalue weighted by molar-refractivity contribution is -0.122. The molecule has 0 aromatic heterocycles. The fourth-order valence-electron chi connectivity index (χ4n) is 3.70. The van der Waals surface area contributed by atoms with Crippen LogP contribution >= 0.6 is 0 Å². The van der Waals surface area contributed by atoms with E-state index < -0.39 is 22.0 Å². The summed E-state index contributed by atoms with van der Waals surface area (Å²) in [5.41, 5.74) is 1.74. The second-order valence-electron chi connectivity index (χ2n) is 9.11. The summed E-state index contributed by atoms with van der Waals surface area (Å²) in [6.07, 6.45) is -1.03. The van der Waals surface area contributed by atoms with Gasteiger partial charge in [-0.15, -0.1) is 0 Å². The van der Waals surface area contributed by atoms with Gasteiger partial charge in [0.15, 0.2) is 6.10 Å².